The van der Waals surface area contributed by atoms with Gasteiger partial charge in [-0.3, -0.25) is 4.79 Å². The molecule has 24 heavy (non-hydrogen) atoms. The van der Waals surface area contributed by atoms with E-state index in [0.29, 0.717) is 37.4 Å². The molecular weight excluding hydrogens is 331 g/mol. The number of ether oxygens (including phenoxy) is 1. The number of rotatable bonds is 3. The number of morpholine rings is 1. The summed E-state index contributed by atoms with van der Waals surface area (Å²) in [5.41, 5.74) is 0. The number of hydrogen-bond donors (Lipinski definition) is 0. The number of hydrogen-bond acceptors (Lipinski definition) is 6. The summed E-state index contributed by atoms with van der Waals surface area (Å²) < 4.78 is 23.9. The van der Waals surface area contributed by atoms with Gasteiger partial charge < -0.3 is 14.5 Å². The Hall–Kier alpha value is -1.28. The zero-order chi connectivity index (χ0) is 16.5. The summed E-state index contributed by atoms with van der Waals surface area (Å²) in [6, 6.07) is -0.456. The fraction of sp³-hybridized carbons (Fsp3) is 0.812. The fourth-order valence-electron chi connectivity index (χ4n) is 3.92. The van der Waals surface area contributed by atoms with Gasteiger partial charge in [-0.05, 0) is 12.8 Å². The molecule has 2 aliphatic heterocycles. The molecule has 0 N–H and O–H groups in total. The molecule has 0 spiro atoms. The van der Waals surface area contributed by atoms with Gasteiger partial charge >= 0.3 is 0 Å². The summed E-state index contributed by atoms with van der Waals surface area (Å²) in [6.45, 7) is 2.53. The van der Waals surface area contributed by atoms with E-state index in [1.165, 1.54) is 24.4 Å². The highest BCUT2D eigenvalue weighted by atomic mass is 32.1. The number of anilines is 1. The Morgan fingerprint density at radius 2 is 2.00 bits per heavy atom. The van der Waals surface area contributed by atoms with Crippen LogP contribution in [0.15, 0.2) is 0 Å². The summed E-state index contributed by atoms with van der Waals surface area (Å²) >= 11 is 1.31. The molecule has 1 aromatic rings. The molecule has 3 aliphatic rings. The SMILES string of the molecule is O=C([C@@H]1C[C@@H](F)CN1c1nc(C2CCCC2)ns1)N1CCOCC1. The number of aromatic nitrogens is 2. The van der Waals surface area contributed by atoms with E-state index < -0.39 is 12.2 Å². The first kappa shape index (κ1) is 16.2. The third-order valence-electron chi connectivity index (χ3n) is 5.25. The molecule has 1 amide bonds. The number of carbonyl (C=O) groups excluding carboxylic acids is 1. The van der Waals surface area contributed by atoms with Gasteiger partial charge in [0.1, 0.15) is 18.0 Å². The first-order chi connectivity index (χ1) is 11.7. The second kappa shape index (κ2) is 6.92. The van der Waals surface area contributed by atoms with Gasteiger partial charge in [0.2, 0.25) is 11.0 Å². The molecule has 132 valence electrons. The van der Waals surface area contributed by atoms with Crippen LogP contribution in [0.2, 0.25) is 0 Å². The van der Waals surface area contributed by atoms with Gasteiger partial charge in [-0.1, -0.05) is 12.8 Å². The van der Waals surface area contributed by atoms with Crippen LogP contribution in [0.4, 0.5) is 9.52 Å². The number of carbonyl (C=O) groups is 1. The van der Waals surface area contributed by atoms with Crippen molar-refractivity contribution in [1.82, 2.24) is 14.3 Å². The smallest absolute Gasteiger partial charge is 0.245 e. The van der Waals surface area contributed by atoms with Crippen molar-refractivity contribution in [3.05, 3.63) is 5.82 Å². The minimum atomic E-state index is -0.987. The largest absolute Gasteiger partial charge is 0.378 e. The lowest BCUT2D eigenvalue weighted by Crippen LogP contribution is -2.49. The average molecular weight is 354 g/mol. The van der Waals surface area contributed by atoms with Gasteiger partial charge in [-0.2, -0.15) is 4.37 Å². The number of amides is 1. The van der Waals surface area contributed by atoms with E-state index in [2.05, 4.69) is 9.36 Å². The molecule has 0 unspecified atom stereocenters. The van der Waals surface area contributed by atoms with Gasteiger partial charge in [-0.15, -0.1) is 0 Å². The average Bonchev–Trinajstić information content (AvgIpc) is 3.34. The molecule has 0 aromatic carbocycles. The van der Waals surface area contributed by atoms with Crippen LogP contribution in [-0.4, -0.2) is 65.2 Å². The lowest BCUT2D eigenvalue weighted by Gasteiger charge is -2.32. The maximum atomic E-state index is 14.1. The topological polar surface area (TPSA) is 58.6 Å². The number of nitrogens with zero attached hydrogens (tertiary/aromatic N) is 4. The molecular formula is C16H23FN4O2S. The van der Waals surface area contributed by atoms with E-state index >= 15 is 0 Å². The van der Waals surface area contributed by atoms with Crippen LogP contribution in [0.25, 0.3) is 0 Å². The molecule has 3 fully saturated rings. The Morgan fingerprint density at radius 3 is 2.75 bits per heavy atom. The molecule has 3 heterocycles. The molecule has 2 atom stereocenters. The molecule has 1 aliphatic carbocycles. The number of alkyl halides is 1. The van der Waals surface area contributed by atoms with E-state index in [9.17, 15) is 9.18 Å². The van der Waals surface area contributed by atoms with Crippen molar-refractivity contribution in [2.24, 2.45) is 0 Å². The normalized spacial score (nSPS) is 28.7. The zero-order valence-electron chi connectivity index (χ0n) is 13.7. The van der Waals surface area contributed by atoms with E-state index in [1.807, 2.05) is 4.90 Å². The van der Waals surface area contributed by atoms with Gasteiger partial charge in [0.05, 0.1) is 19.8 Å². The second-order valence-electron chi connectivity index (χ2n) is 6.86. The van der Waals surface area contributed by atoms with E-state index in [1.54, 1.807) is 4.90 Å². The summed E-state index contributed by atoms with van der Waals surface area (Å²) in [5, 5.41) is 0.698. The van der Waals surface area contributed by atoms with Gasteiger partial charge in [0.25, 0.3) is 0 Å². The van der Waals surface area contributed by atoms with Crippen molar-refractivity contribution in [3.8, 4) is 0 Å². The first-order valence-electron chi connectivity index (χ1n) is 8.83. The van der Waals surface area contributed by atoms with Crippen molar-refractivity contribution in [3.63, 3.8) is 0 Å². The van der Waals surface area contributed by atoms with Crippen molar-refractivity contribution in [2.75, 3.05) is 37.7 Å². The highest BCUT2D eigenvalue weighted by molar-refractivity contribution is 7.09. The van der Waals surface area contributed by atoms with Crippen LogP contribution in [0.1, 0.15) is 43.8 Å². The molecule has 4 rings (SSSR count). The molecule has 6 nitrogen and oxygen atoms in total. The highest BCUT2D eigenvalue weighted by Gasteiger charge is 2.41. The lowest BCUT2D eigenvalue weighted by atomic mass is 10.1. The standard InChI is InChI=1S/C16H23FN4O2S/c17-12-9-13(15(22)20-5-7-23-8-6-20)21(10-12)16-18-14(19-24-16)11-3-1-2-4-11/h11-13H,1-10H2/t12-,13+/m1/s1. The van der Waals surface area contributed by atoms with Gasteiger partial charge in [0, 0.05) is 37.0 Å². The maximum absolute atomic E-state index is 14.1. The molecule has 1 aromatic heterocycles. The molecule has 8 heteroatoms. The Kier molecular flexibility index (Phi) is 4.67. The molecule has 0 bridgehead atoms. The molecule has 0 radical (unpaired) electrons. The Balaban J connectivity index is 1.50. The Bertz CT molecular complexity index is 586. The summed E-state index contributed by atoms with van der Waals surface area (Å²) in [4.78, 5) is 21.1. The van der Waals surface area contributed by atoms with Crippen LogP contribution in [0, 0.1) is 0 Å². The Morgan fingerprint density at radius 1 is 1.25 bits per heavy atom. The van der Waals surface area contributed by atoms with Crippen LogP contribution >= 0.6 is 11.5 Å². The van der Waals surface area contributed by atoms with E-state index in [4.69, 9.17) is 4.74 Å². The Labute approximate surface area is 145 Å². The third kappa shape index (κ3) is 3.13. The van der Waals surface area contributed by atoms with Gasteiger partial charge in [-0.25, -0.2) is 9.37 Å². The highest BCUT2D eigenvalue weighted by Crippen LogP contribution is 2.36. The second-order valence-corrected chi connectivity index (χ2v) is 7.59. The monoisotopic (exact) mass is 354 g/mol. The third-order valence-corrected chi connectivity index (χ3v) is 6.02. The van der Waals surface area contributed by atoms with Crippen LogP contribution in [0.5, 0.6) is 0 Å². The van der Waals surface area contributed by atoms with E-state index in [-0.39, 0.29) is 18.9 Å². The van der Waals surface area contributed by atoms with Gasteiger partial charge in [0.15, 0.2) is 0 Å². The summed E-state index contributed by atoms with van der Waals surface area (Å²) in [6.07, 6.45) is 3.99. The van der Waals surface area contributed by atoms with Crippen molar-refractivity contribution in [2.45, 2.75) is 50.2 Å². The van der Waals surface area contributed by atoms with E-state index in [0.717, 1.165) is 18.7 Å². The van der Waals surface area contributed by atoms with Crippen LogP contribution < -0.4 is 4.90 Å². The minimum Gasteiger partial charge on any atom is -0.378 e. The molecule has 2 saturated heterocycles. The minimum absolute atomic E-state index is 0.00364. The zero-order valence-corrected chi connectivity index (χ0v) is 14.5. The summed E-state index contributed by atoms with van der Waals surface area (Å²) in [5.74, 6) is 1.32. The van der Waals surface area contributed by atoms with Crippen molar-refractivity contribution < 1.29 is 13.9 Å². The quantitative estimate of drug-likeness (QED) is 0.831. The molecule has 1 saturated carbocycles. The fourth-order valence-corrected chi connectivity index (χ4v) is 4.72. The van der Waals surface area contributed by atoms with Crippen LogP contribution in [-0.2, 0) is 9.53 Å². The number of halogens is 1. The lowest BCUT2D eigenvalue weighted by molar-refractivity contribution is -0.136. The first-order valence-corrected chi connectivity index (χ1v) is 9.60. The van der Waals surface area contributed by atoms with Crippen LogP contribution in [0.3, 0.4) is 0 Å². The van der Waals surface area contributed by atoms with Crippen molar-refractivity contribution in [1.29, 1.82) is 0 Å². The van der Waals surface area contributed by atoms with Crippen molar-refractivity contribution >= 4 is 22.6 Å². The maximum Gasteiger partial charge on any atom is 0.245 e. The predicted octanol–water partition coefficient (Wildman–Crippen LogP) is 1.97. The summed E-state index contributed by atoms with van der Waals surface area (Å²) in [7, 11) is 0. The predicted molar refractivity (Wildman–Crippen MR) is 89.2 cm³/mol.